The van der Waals surface area contributed by atoms with Gasteiger partial charge in [0.25, 0.3) is 15.9 Å². The molecule has 0 aliphatic rings. The van der Waals surface area contributed by atoms with E-state index in [0.717, 1.165) is 12.1 Å². The predicted octanol–water partition coefficient (Wildman–Crippen LogP) is 3.90. The van der Waals surface area contributed by atoms with Gasteiger partial charge in [0.15, 0.2) is 11.5 Å². The maximum absolute atomic E-state index is 13.0. The molecule has 0 fully saturated rings. The molecule has 3 rings (SSSR count). The van der Waals surface area contributed by atoms with Crippen molar-refractivity contribution in [2.24, 2.45) is 0 Å². The Hall–Kier alpha value is -3.59. The van der Waals surface area contributed by atoms with Crippen LogP contribution in [0.15, 0.2) is 71.6 Å². The van der Waals surface area contributed by atoms with Crippen LogP contribution in [0.3, 0.4) is 0 Å². The summed E-state index contributed by atoms with van der Waals surface area (Å²) in [5, 5.41) is 2.69. The molecule has 0 aliphatic heterocycles. The van der Waals surface area contributed by atoms with Gasteiger partial charge in [-0.15, -0.1) is 0 Å². The number of amides is 1. The van der Waals surface area contributed by atoms with E-state index in [9.17, 15) is 17.6 Å². The lowest BCUT2D eigenvalue weighted by Crippen LogP contribution is -2.14. The number of halogens is 1. The Labute approximate surface area is 173 Å². The van der Waals surface area contributed by atoms with E-state index in [1.807, 2.05) is 0 Å². The quantitative estimate of drug-likeness (QED) is 0.593. The summed E-state index contributed by atoms with van der Waals surface area (Å²) in [6.07, 6.45) is 0. The number of benzene rings is 3. The first-order chi connectivity index (χ1) is 14.3. The molecule has 7 nitrogen and oxygen atoms in total. The zero-order chi connectivity index (χ0) is 21.7. The van der Waals surface area contributed by atoms with Crippen LogP contribution < -0.4 is 19.5 Å². The third-order valence-electron chi connectivity index (χ3n) is 4.16. The highest BCUT2D eigenvalue weighted by molar-refractivity contribution is 7.92. The fraction of sp³-hybridized carbons (Fsp3) is 0.0952. The van der Waals surface area contributed by atoms with Gasteiger partial charge in [-0.25, -0.2) is 12.8 Å². The number of hydrogen-bond donors (Lipinski definition) is 2. The Kier molecular flexibility index (Phi) is 6.22. The first-order valence-electron chi connectivity index (χ1n) is 8.74. The third-order valence-corrected chi connectivity index (χ3v) is 5.56. The molecule has 3 aromatic rings. The van der Waals surface area contributed by atoms with Gasteiger partial charge >= 0.3 is 0 Å². The zero-order valence-corrected chi connectivity index (χ0v) is 17.0. The Bertz CT molecular complexity index is 1150. The molecule has 0 saturated heterocycles. The van der Waals surface area contributed by atoms with Crippen LogP contribution in [0, 0.1) is 5.82 Å². The van der Waals surface area contributed by atoms with Crippen LogP contribution in [0.1, 0.15) is 10.4 Å². The van der Waals surface area contributed by atoms with E-state index in [1.54, 1.807) is 18.2 Å². The third kappa shape index (κ3) is 4.87. The average Bonchev–Trinajstić information content (AvgIpc) is 2.75. The van der Waals surface area contributed by atoms with Crippen LogP contribution in [0.4, 0.5) is 15.8 Å². The number of sulfonamides is 1. The number of rotatable bonds is 7. The molecule has 0 spiro atoms. The van der Waals surface area contributed by atoms with E-state index in [2.05, 4.69) is 10.0 Å². The maximum atomic E-state index is 13.0. The molecule has 0 unspecified atom stereocenters. The first-order valence-corrected chi connectivity index (χ1v) is 10.2. The van der Waals surface area contributed by atoms with Gasteiger partial charge in [-0.05, 0) is 66.7 Å². The lowest BCUT2D eigenvalue weighted by atomic mass is 10.2. The Morgan fingerprint density at radius 1 is 0.833 bits per heavy atom. The predicted molar refractivity (Wildman–Crippen MR) is 111 cm³/mol. The number of anilines is 2. The van der Waals surface area contributed by atoms with E-state index >= 15 is 0 Å². The van der Waals surface area contributed by atoms with Crippen LogP contribution >= 0.6 is 0 Å². The second-order valence-corrected chi connectivity index (χ2v) is 7.84. The molecule has 0 aromatic heterocycles. The van der Waals surface area contributed by atoms with Gasteiger partial charge in [0.05, 0.1) is 19.1 Å². The normalized spacial score (nSPS) is 10.9. The minimum atomic E-state index is -3.86. The van der Waals surface area contributed by atoms with Crippen LogP contribution in [0.25, 0.3) is 0 Å². The van der Waals surface area contributed by atoms with Gasteiger partial charge in [0, 0.05) is 16.9 Å². The van der Waals surface area contributed by atoms with Gasteiger partial charge in [0.2, 0.25) is 0 Å². The molecule has 0 heterocycles. The summed E-state index contributed by atoms with van der Waals surface area (Å²) in [6.45, 7) is 0. The molecule has 0 aliphatic carbocycles. The van der Waals surface area contributed by atoms with Crippen molar-refractivity contribution in [2.45, 2.75) is 4.90 Å². The van der Waals surface area contributed by atoms with Gasteiger partial charge in [-0.2, -0.15) is 0 Å². The number of methoxy groups -OCH3 is 2. The molecule has 0 saturated carbocycles. The van der Waals surface area contributed by atoms with Gasteiger partial charge in [-0.1, -0.05) is 0 Å². The molecule has 30 heavy (non-hydrogen) atoms. The van der Waals surface area contributed by atoms with Crippen molar-refractivity contribution < 1.29 is 27.1 Å². The van der Waals surface area contributed by atoms with E-state index in [1.165, 1.54) is 50.6 Å². The highest BCUT2D eigenvalue weighted by Crippen LogP contribution is 2.28. The minimum absolute atomic E-state index is 0.00376. The highest BCUT2D eigenvalue weighted by atomic mass is 32.2. The largest absolute Gasteiger partial charge is 0.493 e. The van der Waals surface area contributed by atoms with E-state index < -0.39 is 21.7 Å². The Morgan fingerprint density at radius 3 is 2.03 bits per heavy atom. The standard InChI is InChI=1S/C21H19FN2O5S/c1-28-19-12-3-14(13-20(19)29-2)21(25)23-16-8-10-18(11-9-16)30(26,27)24-17-6-4-15(22)5-7-17/h3-13,24H,1-2H3,(H,23,25). The fourth-order valence-corrected chi connectivity index (χ4v) is 3.69. The number of nitrogens with one attached hydrogen (secondary N) is 2. The Morgan fingerprint density at radius 2 is 1.43 bits per heavy atom. The van der Waals surface area contributed by atoms with Gasteiger partial charge in [-0.3, -0.25) is 9.52 Å². The zero-order valence-electron chi connectivity index (χ0n) is 16.2. The molecule has 2 N–H and O–H groups in total. The molecule has 0 bridgehead atoms. The SMILES string of the molecule is COc1ccc(C(=O)Nc2ccc(S(=O)(=O)Nc3ccc(F)cc3)cc2)cc1OC. The van der Waals surface area contributed by atoms with Crippen LogP contribution in [0.5, 0.6) is 11.5 Å². The summed E-state index contributed by atoms with van der Waals surface area (Å²) in [5.41, 5.74) is 1.00. The molecule has 0 atom stereocenters. The minimum Gasteiger partial charge on any atom is -0.493 e. The monoisotopic (exact) mass is 430 g/mol. The van der Waals surface area contributed by atoms with Crippen molar-refractivity contribution in [3.8, 4) is 11.5 Å². The van der Waals surface area contributed by atoms with Crippen LogP contribution in [0.2, 0.25) is 0 Å². The molecular formula is C21H19FN2O5S. The maximum Gasteiger partial charge on any atom is 0.261 e. The summed E-state index contributed by atoms with van der Waals surface area (Å²) in [6, 6.07) is 15.4. The first kappa shape index (κ1) is 21.1. The summed E-state index contributed by atoms with van der Waals surface area (Å²) >= 11 is 0. The second kappa shape index (κ2) is 8.83. The van der Waals surface area contributed by atoms with Crippen molar-refractivity contribution in [1.29, 1.82) is 0 Å². The van der Waals surface area contributed by atoms with Crippen molar-refractivity contribution in [2.75, 3.05) is 24.3 Å². The van der Waals surface area contributed by atoms with E-state index in [-0.39, 0.29) is 10.6 Å². The van der Waals surface area contributed by atoms with Gasteiger partial charge in [0.1, 0.15) is 5.82 Å². The lowest BCUT2D eigenvalue weighted by Gasteiger charge is -2.11. The van der Waals surface area contributed by atoms with Crippen LogP contribution in [-0.2, 0) is 10.0 Å². The molecule has 156 valence electrons. The van der Waals surface area contributed by atoms with Gasteiger partial charge < -0.3 is 14.8 Å². The van der Waals surface area contributed by atoms with Crippen molar-refractivity contribution in [3.63, 3.8) is 0 Å². The summed E-state index contributed by atoms with van der Waals surface area (Å²) in [7, 11) is -0.887. The number of ether oxygens (including phenoxy) is 2. The molecule has 9 heteroatoms. The van der Waals surface area contributed by atoms with Crippen molar-refractivity contribution >= 4 is 27.3 Å². The number of hydrogen-bond acceptors (Lipinski definition) is 5. The average molecular weight is 430 g/mol. The fourth-order valence-electron chi connectivity index (χ4n) is 2.63. The molecule has 1 amide bonds. The van der Waals surface area contributed by atoms with Crippen LogP contribution in [-0.4, -0.2) is 28.5 Å². The Balaban J connectivity index is 1.72. The lowest BCUT2D eigenvalue weighted by molar-refractivity contribution is 0.102. The number of carbonyl (C=O) groups is 1. The summed E-state index contributed by atoms with van der Waals surface area (Å²) in [5.74, 6) is 0.0549. The molecule has 0 radical (unpaired) electrons. The topological polar surface area (TPSA) is 93.7 Å². The summed E-state index contributed by atoms with van der Waals surface area (Å²) < 4.78 is 50.6. The van der Waals surface area contributed by atoms with Crippen molar-refractivity contribution in [1.82, 2.24) is 0 Å². The van der Waals surface area contributed by atoms with E-state index in [0.29, 0.717) is 22.7 Å². The molecule has 3 aromatic carbocycles. The van der Waals surface area contributed by atoms with Crippen molar-refractivity contribution in [3.05, 3.63) is 78.1 Å². The van der Waals surface area contributed by atoms with E-state index in [4.69, 9.17) is 9.47 Å². The smallest absolute Gasteiger partial charge is 0.261 e. The highest BCUT2D eigenvalue weighted by Gasteiger charge is 2.15. The number of carbonyl (C=O) groups excluding carboxylic acids is 1. The summed E-state index contributed by atoms with van der Waals surface area (Å²) in [4.78, 5) is 12.5. The molecular weight excluding hydrogens is 411 g/mol. The second-order valence-electron chi connectivity index (χ2n) is 6.16.